The van der Waals surface area contributed by atoms with Crippen LogP contribution in [0.3, 0.4) is 0 Å². The van der Waals surface area contributed by atoms with Crippen LogP contribution in [0.2, 0.25) is 0 Å². The number of halogens is 1. The predicted octanol–water partition coefficient (Wildman–Crippen LogP) is 2.95. The number of hydrogen-bond donors (Lipinski definition) is 1. The van der Waals surface area contributed by atoms with Gasteiger partial charge in [-0.15, -0.1) is 0 Å². The zero-order chi connectivity index (χ0) is 13.0. The van der Waals surface area contributed by atoms with Crippen molar-refractivity contribution in [2.75, 3.05) is 30.5 Å². The normalized spacial score (nSPS) is 12.6. The maximum atomic E-state index is 13.6. The Morgan fingerprint density at radius 2 is 2.12 bits per heavy atom. The standard InChI is InChI=1S/C13H21FN2S/c1-9-7-13(16(3)5-6-17-4)11(10(2)15)8-12(9)14/h7-8,10H,5-6,15H2,1-4H3/t10-/m1/s1. The predicted molar refractivity (Wildman–Crippen MR) is 75.4 cm³/mol. The van der Waals surface area contributed by atoms with Crippen molar-refractivity contribution < 1.29 is 4.39 Å². The number of rotatable bonds is 5. The monoisotopic (exact) mass is 256 g/mol. The van der Waals surface area contributed by atoms with Gasteiger partial charge in [0.05, 0.1) is 0 Å². The van der Waals surface area contributed by atoms with Crippen molar-refractivity contribution in [3.8, 4) is 0 Å². The van der Waals surface area contributed by atoms with Gasteiger partial charge in [0.2, 0.25) is 0 Å². The molecule has 0 aliphatic carbocycles. The van der Waals surface area contributed by atoms with E-state index in [2.05, 4.69) is 11.2 Å². The molecule has 0 fully saturated rings. The van der Waals surface area contributed by atoms with E-state index < -0.39 is 0 Å². The Labute approximate surface area is 107 Å². The fraction of sp³-hybridized carbons (Fsp3) is 0.538. The summed E-state index contributed by atoms with van der Waals surface area (Å²) < 4.78 is 13.6. The molecule has 4 heteroatoms. The maximum absolute atomic E-state index is 13.6. The topological polar surface area (TPSA) is 29.3 Å². The lowest BCUT2D eigenvalue weighted by molar-refractivity contribution is 0.612. The van der Waals surface area contributed by atoms with E-state index in [-0.39, 0.29) is 11.9 Å². The van der Waals surface area contributed by atoms with Crippen LogP contribution in [0.4, 0.5) is 10.1 Å². The van der Waals surface area contributed by atoms with E-state index in [4.69, 9.17) is 5.73 Å². The van der Waals surface area contributed by atoms with Gasteiger partial charge in [0, 0.05) is 31.1 Å². The van der Waals surface area contributed by atoms with Gasteiger partial charge < -0.3 is 10.6 Å². The van der Waals surface area contributed by atoms with Crippen LogP contribution < -0.4 is 10.6 Å². The second-order valence-corrected chi connectivity index (χ2v) is 5.35. The van der Waals surface area contributed by atoms with Crippen molar-refractivity contribution in [2.45, 2.75) is 19.9 Å². The molecule has 2 nitrogen and oxygen atoms in total. The summed E-state index contributed by atoms with van der Waals surface area (Å²) in [6.07, 6.45) is 2.08. The van der Waals surface area contributed by atoms with Gasteiger partial charge in [0.15, 0.2) is 0 Å². The Kier molecular flexibility index (Phi) is 5.28. The van der Waals surface area contributed by atoms with Crippen LogP contribution in [0.25, 0.3) is 0 Å². The van der Waals surface area contributed by atoms with Crippen LogP contribution in [0.15, 0.2) is 12.1 Å². The molecule has 0 aliphatic rings. The first-order valence-corrected chi connectivity index (χ1v) is 7.12. The van der Waals surface area contributed by atoms with Crippen LogP contribution in [0, 0.1) is 12.7 Å². The molecule has 0 spiro atoms. The summed E-state index contributed by atoms with van der Waals surface area (Å²) in [5.74, 6) is 0.866. The zero-order valence-electron chi connectivity index (χ0n) is 11.0. The molecular weight excluding hydrogens is 235 g/mol. The van der Waals surface area contributed by atoms with Crippen molar-refractivity contribution in [1.82, 2.24) is 0 Å². The third-order valence-corrected chi connectivity index (χ3v) is 3.43. The first-order valence-electron chi connectivity index (χ1n) is 5.73. The number of thioether (sulfide) groups is 1. The Balaban J connectivity index is 3.07. The third-order valence-electron chi connectivity index (χ3n) is 2.84. The molecule has 1 aromatic carbocycles. The van der Waals surface area contributed by atoms with E-state index >= 15 is 0 Å². The summed E-state index contributed by atoms with van der Waals surface area (Å²) in [7, 11) is 2.02. The van der Waals surface area contributed by atoms with E-state index in [9.17, 15) is 4.39 Å². The average Bonchev–Trinajstić information content (AvgIpc) is 2.28. The molecule has 0 bridgehead atoms. The smallest absolute Gasteiger partial charge is 0.126 e. The summed E-state index contributed by atoms with van der Waals surface area (Å²) in [6.45, 7) is 4.61. The number of nitrogens with zero attached hydrogens (tertiary/aromatic N) is 1. The van der Waals surface area contributed by atoms with Gasteiger partial charge >= 0.3 is 0 Å². The Hall–Kier alpha value is -0.740. The highest BCUT2D eigenvalue weighted by atomic mass is 32.2. The van der Waals surface area contributed by atoms with E-state index in [0.717, 1.165) is 23.5 Å². The van der Waals surface area contributed by atoms with E-state index in [1.54, 1.807) is 24.8 Å². The first-order chi connectivity index (χ1) is 7.97. The minimum atomic E-state index is -0.181. The molecule has 0 saturated heterocycles. The molecule has 0 radical (unpaired) electrons. The highest BCUT2D eigenvalue weighted by Gasteiger charge is 2.13. The molecule has 0 heterocycles. The number of benzene rings is 1. The minimum absolute atomic E-state index is 0.156. The summed E-state index contributed by atoms with van der Waals surface area (Å²) in [4.78, 5) is 2.14. The molecular formula is C13H21FN2S. The summed E-state index contributed by atoms with van der Waals surface area (Å²) >= 11 is 1.80. The van der Waals surface area contributed by atoms with Crippen molar-refractivity contribution >= 4 is 17.4 Å². The lowest BCUT2D eigenvalue weighted by Crippen LogP contribution is -2.23. The van der Waals surface area contributed by atoms with Crippen molar-refractivity contribution in [3.63, 3.8) is 0 Å². The number of hydrogen-bond acceptors (Lipinski definition) is 3. The Morgan fingerprint density at radius 3 is 2.65 bits per heavy atom. The molecule has 0 unspecified atom stereocenters. The van der Waals surface area contributed by atoms with Crippen LogP contribution in [0.1, 0.15) is 24.1 Å². The van der Waals surface area contributed by atoms with Gasteiger partial charge in [-0.1, -0.05) is 0 Å². The SMILES string of the molecule is CSCCN(C)c1cc(C)c(F)cc1[C@@H](C)N. The number of anilines is 1. The molecule has 17 heavy (non-hydrogen) atoms. The fourth-order valence-corrected chi connectivity index (χ4v) is 2.18. The quantitative estimate of drug-likeness (QED) is 0.878. The molecule has 0 amide bonds. The van der Waals surface area contributed by atoms with Gasteiger partial charge in [-0.25, -0.2) is 4.39 Å². The largest absolute Gasteiger partial charge is 0.373 e. The minimum Gasteiger partial charge on any atom is -0.373 e. The fourth-order valence-electron chi connectivity index (χ4n) is 1.73. The van der Waals surface area contributed by atoms with Gasteiger partial charge in [0.25, 0.3) is 0 Å². The zero-order valence-corrected chi connectivity index (χ0v) is 11.8. The lowest BCUT2D eigenvalue weighted by Gasteiger charge is -2.24. The third kappa shape index (κ3) is 3.61. The van der Waals surface area contributed by atoms with Gasteiger partial charge in [-0.05, 0) is 43.4 Å². The highest BCUT2D eigenvalue weighted by molar-refractivity contribution is 7.98. The van der Waals surface area contributed by atoms with Gasteiger partial charge in [-0.3, -0.25) is 0 Å². The van der Waals surface area contributed by atoms with Gasteiger partial charge in [0.1, 0.15) is 5.82 Å². The molecule has 0 aromatic heterocycles. The average molecular weight is 256 g/mol. The van der Waals surface area contributed by atoms with Crippen molar-refractivity contribution in [3.05, 3.63) is 29.1 Å². The molecule has 1 atom stereocenters. The lowest BCUT2D eigenvalue weighted by atomic mass is 10.0. The maximum Gasteiger partial charge on any atom is 0.126 e. The van der Waals surface area contributed by atoms with Crippen LogP contribution in [0.5, 0.6) is 0 Å². The van der Waals surface area contributed by atoms with Crippen LogP contribution >= 0.6 is 11.8 Å². The van der Waals surface area contributed by atoms with Crippen molar-refractivity contribution in [1.29, 1.82) is 0 Å². The number of nitrogens with two attached hydrogens (primary N) is 1. The van der Waals surface area contributed by atoms with E-state index in [1.165, 1.54) is 0 Å². The first kappa shape index (κ1) is 14.3. The molecule has 1 rings (SSSR count). The summed E-state index contributed by atoms with van der Waals surface area (Å²) in [6, 6.07) is 3.29. The molecule has 0 saturated carbocycles. The van der Waals surface area contributed by atoms with E-state index in [1.807, 2.05) is 20.0 Å². The molecule has 0 aliphatic heterocycles. The Bertz CT molecular complexity index is 380. The molecule has 1 aromatic rings. The van der Waals surface area contributed by atoms with E-state index in [0.29, 0.717) is 5.56 Å². The molecule has 96 valence electrons. The second kappa shape index (κ2) is 6.26. The summed E-state index contributed by atoms with van der Waals surface area (Å²) in [5.41, 5.74) is 8.48. The second-order valence-electron chi connectivity index (χ2n) is 4.36. The van der Waals surface area contributed by atoms with Crippen LogP contribution in [-0.2, 0) is 0 Å². The van der Waals surface area contributed by atoms with Crippen LogP contribution in [-0.4, -0.2) is 25.6 Å². The molecule has 2 N–H and O–H groups in total. The number of aryl methyl sites for hydroxylation is 1. The highest BCUT2D eigenvalue weighted by Crippen LogP contribution is 2.27. The Morgan fingerprint density at radius 1 is 1.47 bits per heavy atom. The van der Waals surface area contributed by atoms with Gasteiger partial charge in [-0.2, -0.15) is 11.8 Å². The van der Waals surface area contributed by atoms with Crippen molar-refractivity contribution in [2.24, 2.45) is 5.73 Å². The summed E-state index contributed by atoms with van der Waals surface area (Å²) in [5, 5.41) is 0.